The quantitative estimate of drug-likeness (QED) is 0.309. The standard InChI is InChI=1S/C20H31N5O3S/c1-5-21-20(23-14-17-8-7-16(3)13-19(17)28-6-2)22-10-11-24-29(26,27)18-9-12-25(4)15-18/h7-9,12-13,15,24H,5-6,10-11,14H2,1-4H3,(H2,21,22,23). The molecule has 2 rings (SSSR count). The van der Waals surface area contributed by atoms with Crippen LogP contribution in [0.4, 0.5) is 0 Å². The summed E-state index contributed by atoms with van der Waals surface area (Å²) in [6, 6.07) is 7.62. The van der Waals surface area contributed by atoms with E-state index in [4.69, 9.17) is 4.74 Å². The number of hydrogen-bond acceptors (Lipinski definition) is 4. The molecule has 9 heteroatoms. The second-order valence-electron chi connectivity index (χ2n) is 6.58. The number of aromatic nitrogens is 1. The highest BCUT2D eigenvalue weighted by Crippen LogP contribution is 2.21. The van der Waals surface area contributed by atoms with E-state index in [9.17, 15) is 8.42 Å². The second-order valence-corrected chi connectivity index (χ2v) is 8.34. The van der Waals surface area contributed by atoms with Crippen LogP contribution in [0.15, 0.2) is 46.5 Å². The van der Waals surface area contributed by atoms with Crippen molar-refractivity contribution in [3.8, 4) is 5.75 Å². The molecule has 0 radical (unpaired) electrons. The molecular formula is C20H31N5O3S. The largest absolute Gasteiger partial charge is 0.494 e. The van der Waals surface area contributed by atoms with E-state index in [2.05, 4.69) is 20.3 Å². The molecule has 0 unspecified atom stereocenters. The number of benzene rings is 1. The van der Waals surface area contributed by atoms with E-state index in [1.165, 1.54) is 0 Å². The first kappa shape index (κ1) is 22.8. The van der Waals surface area contributed by atoms with E-state index in [0.29, 0.717) is 32.2 Å². The first-order valence-corrected chi connectivity index (χ1v) is 11.2. The molecule has 8 nitrogen and oxygen atoms in total. The topological polar surface area (TPSA) is 96.8 Å². The lowest BCUT2D eigenvalue weighted by Crippen LogP contribution is -2.41. The number of nitrogens with one attached hydrogen (secondary N) is 3. The van der Waals surface area contributed by atoms with Crippen LogP contribution in [-0.4, -0.2) is 45.2 Å². The zero-order valence-electron chi connectivity index (χ0n) is 17.5. The number of aliphatic imine (C=N–C) groups is 1. The summed E-state index contributed by atoms with van der Waals surface area (Å²) >= 11 is 0. The zero-order valence-corrected chi connectivity index (χ0v) is 18.3. The molecule has 29 heavy (non-hydrogen) atoms. The summed E-state index contributed by atoms with van der Waals surface area (Å²) < 4.78 is 34.5. The van der Waals surface area contributed by atoms with Gasteiger partial charge < -0.3 is 19.9 Å². The molecule has 0 atom stereocenters. The van der Waals surface area contributed by atoms with Crippen molar-refractivity contribution in [2.24, 2.45) is 12.0 Å². The SMILES string of the molecule is CCNC(=NCc1ccc(C)cc1OCC)NCCNS(=O)(=O)c1ccn(C)c1. The van der Waals surface area contributed by atoms with Crippen LogP contribution in [0.2, 0.25) is 0 Å². The molecule has 3 N–H and O–H groups in total. The zero-order chi connectivity index (χ0) is 21.3. The monoisotopic (exact) mass is 421 g/mol. The molecule has 0 aliphatic rings. The highest BCUT2D eigenvalue weighted by atomic mass is 32.2. The molecule has 1 aromatic carbocycles. The van der Waals surface area contributed by atoms with Crippen molar-refractivity contribution in [1.82, 2.24) is 19.9 Å². The van der Waals surface area contributed by atoms with Gasteiger partial charge in [0.15, 0.2) is 5.96 Å². The number of guanidine groups is 1. The molecule has 160 valence electrons. The second kappa shape index (κ2) is 10.9. The van der Waals surface area contributed by atoms with Gasteiger partial charge in [-0.1, -0.05) is 12.1 Å². The number of rotatable bonds is 10. The van der Waals surface area contributed by atoms with Gasteiger partial charge in [-0.05, 0) is 38.5 Å². The average molecular weight is 422 g/mol. The van der Waals surface area contributed by atoms with Crippen molar-refractivity contribution in [2.45, 2.75) is 32.2 Å². The highest BCUT2D eigenvalue weighted by Gasteiger charge is 2.14. The number of ether oxygens (including phenoxy) is 1. The van der Waals surface area contributed by atoms with Gasteiger partial charge in [-0.2, -0.15) is 0 Å². The fraction of sp³-hybridized carbons (Fsp3) is 0.450. The Morgan fingerprint density at radius 1 is 1.17 bits per heavy atom. The van der Waals surface area contributed by atoms with Crippen LogP contribution in [-0.2, 0) is 23.6 Å². The van der Waals surface area contributed by atoms with Crippen molar-refractivity contribution in [3.05, 3.63) is 47.8 Å². The molecule has 0 spiro atoms. The minimum atomic E-state index is -3.51. The summed E-state index contributed by atoms with van der Waals surface area (Å²) in [5, 5.41) is 6.31. The Morgan fingerprint density at radius 2 is 1.97 bits per heavy atom. The normalized spacial score (nSPS) is 12.1. The van der Waals surface area contributed by atoms with Crippen LogP contribution in [0.5, 0.6) is 5.75 Å². The van der Waals surface area contributed by atoms with Crippen LogP contribution < -0.4 is 20.1 Å². The first-order valence-electron chi connectivity index (χ1n) is 9.71. The maximum absolute atomic E-state index is 12.2. The number of nitrogens with zero attached hydrogens (tertiary/aromatic N) is 2. The summed E-state index contributed by atoms with van der Waals surface area (Å²) in [7, 11) is -1.73. The molecular weight excluding hydrogens is 390 g/mol. The molecule has 0 aliphatic heterocycles. The van der Waals surface area contributed by atoms with Gasteiger partial charge in [0.25, 0.3) is 0 Å². The molecule has 0 saturated heterocycles. The number of hydrogen-bond donors (Lipinski definition) is 3. The Hall–Kier alpha value is -2.52. The summed E-state index contributed by atoms with van der Waals surface area (Å²) in [6.45, 7) is 8.37. The van der Waals surface area contributed by atoms with E-state index in [1.807, 2.05) is 39.0 Å². The van der Waals surface area contributed by atoms with Crippen molar-refractivity contribution in [2.75, 3.05) is 26.2 Å². The summed E-state index contributed by atoms with van der Waals surface area (Å²) in [4.78, 5) is 4.84. The van der Waals surface area contributed by atoms with Crippen LogP contribution in [0.1, 0.15) is 25.0 Å². The molecule has 0 bridgehead atoms. The molecule has 1 aromatic heterocycles. The molecule has 0 fully saturated rings. The first-order chi connectivity index (χ1) is 13.9. The molecule has 0 amide bonds. The third-order valence-electron chi connectivity index (χ3n) is 4.10. The van der Waals surface area contributed by atoms with Crippen LogP contribution in [0.3, 0.4) is 0 Å². The fourth-order valence-electron chi connectivity index (χ4n) is 2.67. The van der Waals surface area contributed by atoms with Crippen molar-refractivity contribution >= 4 is 16.0 Å². The molecule has 0 saturated carbocycles. The lowest BCUT2D eigenvalue weighted by atomic mass is 10.1. The Morgan fingerprint density at radius 3 is 2.62 bits per heavy atom. The maximum Gasteiger partial charge on any atom is 0.242 e. The van der Waals surface area contributed by atoms with E-state index in [0.717, 1.165) is 16.9 Å². The van der Waals surface area contributed by atoms with Gasteiger partial charge in [0.1, 0.15) is 5.75 Å². The van der Waals surface area contributed by atoms with E-state index < -0.39 is 10.0 Å². The van der Waals surface area contributed by atoms with Gasteiger partial charge in [-0.25, -0.2) is 18.1 Å². The molecule has 0 aliphatic carbocycles. The van der Waals surface area contributed by atoms with Crippen molar-refractivity contribution < 1.29 is 13.2 Å². The minimum absolute atomic E-state index is 0.246. The Labute approximate surface area is 173 Å². The summed E-state index contributed by atoms with van der Waals surface area (Å²) in [5.41, 5.74) is 2.14. The van der Waals surface area contributed by atoms with Gasteiger partial charge in [0.05, 0.1) is 18.0 Å². The predicted molar refractivity (Wildman–Crippen MR) is 116 cm³/mol. The van der Waals surface area contributed by atoms with Crippen LogP contribution >= 0.6 is 0 Å². The van der Waals surface area contributed by atoms with Gasteiger partial charge in [-0.15, -0.1) is 0 Å². The smallest absolute Gasteiger partial charge is 0.242 e. The molecule has 1 heterocycles. The van der Waals surface area contributed by atoms with Gasteiger partial charge in [0, 0.05) is 44.6 Å². The van der Waals surface area contributed by atoms with Crippen LogP contribution in [0, 0.1) is 6.92 Å². The summed E-state index contributed by atoms with van der Waals surface area (Å²) in [5.74, 6) is 1.46. The van der Waals surface area contributed by atoms with E-state index in [1.54, 1.807) is 30.1 Å². The fourth-order valence-corrected chi connectivity index (χ4v) is 3.76. The lowest BCUT2D eigenvalue weighted by molar-refractivity contribution is 0.336. The summed E-state index contributed by atoms with van der Waals surface area (Å²) in [6.07, 6.45) is 3.27. The van der Waals surface area contributed by atoms with Gasteiger partial charge in [0.2, 0.25) is 10.0 Å². The highest BCUT2D eigenvalue weighted by molar-refractivity contribution is 7.89. The van der Waals surface area contributed by atoms with E-state index in [-0.39, 0.29) is 11.4 Å². The van der Waals surface area contributed by atoms with Gasteiger partial charge >= 0.3 is 0 Å². The molecule has 2 aromatic rings. The van der Waals surface area contributed by atoms with Gasteiger partial charge in [-0.3, -0.25) is 0 Å². The van der Waals surface area contributed by atoms with Crippen LogP contribution in [0.25, 0.3) is 0 Å². The number of aryl methyl sites for hydroxylation is 2. The predicted octanol–water partition coefficient (Wildman–Crippen LogP) is 1.77. The maximum atomic E-state index is 12.2. The lowest BCUT2D eigenvalue weighted by Gasteiger charge is -2.13. The van der Waals surface area contributed by atoms with Crippen molar-refractivity contribution in [1.29, 1.82) is 0 Å². The van der Waals surface area contributed by atoms with Crippen molar-refractivity contribution in [3.63, 3.8) is 0 Å². The Kier molecular flexibility index (Phi) is 8.53. The number of sulfonamides is 1. The third kappa shape index (κ3) is 7.10. The third-order valence-corrected chi connectivity index (χ3v) is 5.55. The minimum Gasteiger partial charge on any atom is -0.494 e. The Balaban J connectivity index is 1.93. The average Bonchev–Trinajstić information content (AvgIpc) is 3.12. The Bertz CT molecular complexity index is 922. The van der Waals surface area contributed by atoms with E-state index >= 15 is 0 Å².